The van der Waals surface area contributed by atoms with Gasteiger partial charge in [-0.25, -0.2) is 0 Å². The van der Waals surface area contributed by atoms with Gasteiger partial charge >= 0.3 is 0 Å². The molecular weight excluding hydrogens is 304 g/mol. The van der Waals surface area contributed by atoms with Gasteiger partial charge in [0.25, 0.3) is 0 Å². The summed E-state index contributed by atoms with van der Waals surface area (Å²) in [6, 6.07) is 11.4. The van der Waals surface area contributed by atoms with Gasteiger partial charge in [0.05, 0.1) is 20.3 Å². The Hall–Kier alpha value is -2.49. The molecule has 0 saturated carbocycles. The first-order chi connectivity index (χ1) is 11.6. The van der Waals surface area contributed by atoms with Crippen molar-refractivity contribution in [1.82, 2.24) is 0 Å². The van der Waals surface area contributed by atoms with E-state index in [-0.39, 0.29) is 0 Å². The number of methoxy groups -OCH3 is 1. The van der Waals surface area contributed by atoms with Crippen molar-refractivity contribution < 1.29 is 19.0 Å². The van der Waals surface area contributed by atoms with Gasteiger partial charge < -0.3 is 14.2 Å². The summed E-state index contributed by atoms with van der Waals surface area (Å²) in [6.07, 6.45) is 2.57. The van der Waals surface area contributed by atoms with Crippen LogP contribution in [0.15, 0.2) is 36.4 Å². The second-order valence-electron chi connectivity index (χ2n) is 5.70. The Bertz CT molecular complexity index is 679. The second kappa shape index (κ2) is 8.96. The van der Waals surface area contributed by atoms with Crippen LogP contribution in [0.5, 0.6) is 17.2 Å². The first-order valence-corrected chi connectivity index (χ1v) is 8.10. The number of aldehydes is 1. The average molecular weight is 328 g/mol. The van der Waals surface area contributed by atoms with E-state index >= 15 is 0 Å². The lowest BCUT2D eigenvalue weighted by Gasteiger charge is -2.12. The number of unbranched alkanes of at least 4 members (excludes halogenated alkanes) is 1. The van der Waals surface area contributed by atoms with Crippen LogP contribution < -0.4 is 14.2 Å². The molecule has 4 nitrogen and oxygen atoms in total. The molecule has 0 heterocycles. The summed E-state index contributed by atoms with van der Waals surface area (Å²) in [7, 11) is 1.56. The molecule has 4 heteroatoms. The Morgan fingerprint density at radius 2 is 1.58 bits per heavy atom. The molecule has 2 aromatic carbocycles. The molecule has 128 valence electrons. The molecule has 0 aromatic heterocycles. The van der Waals surface area contributed by atoms with Gasteiger partial charge in [0.15, 0.2) is 11.5 Å². The summed E-state index contributed by atoms with van der Waals surface area (Å²) in [5, 5.41) is 0. The summed E-state index contributed by atoms with van der Waals surface area (Å²) >= 11 is 0. The Balaban J connectivity index is 1.73. The van der Waals surface area contributed by atoms with Gasteiger partial charge in [0.2, 0.25) is 0 Å². The van der Waals surface area contributed by atoms with Gasteiger partial charge in [-0.3, -0.25) is 4.79 Å². The quantitative estimate of drug-likeness (QED) is 0.507. The number of carbonyl (C=O) groups is 1. The average Bonchev–Trinajstić information content (AvgIpc) is 2.60. The number of benzene rings is 2. The zero-order valence-corrected chi connectivity index (χ0v) is 14.5. The zero-order chi connectivity index (χ0) is 17.4. The van der Waals surface area contributed by atoms with E-state index in [9.17, 15) is 4.79 Å². The summed E-state index contributed by atoms with van der Waals surface area (Å²) in [4.78, 5) is 10.8. The molecule has 2 aromatic rings. The highest BCUT2D eigenvalue weighted by Gasteiger charge is 2.05. The third-order valence-electron chi connectivity index (χ3n) is 3.72. The fourth-order valence-electron chi connectivity index (χ4n) is 2.31. The molecular formula is C20H24O4. The molecule has 0 aliphatic rings. The van der Waals surface area contributed by atoms with Crippen LogP contribution in [0.1, 0.15) is 34.3 Å². The van der Waals surface area contributed by atoms with E-state index in [2.05, 4.69) is 25.1 Å². The maximum absolute atomic E-state index is 10.8. The molecule has 24 heavy (non-hydrogen) atoms. The van der Waals surface area contributed by atoms with Crippen molar-refractivity contribution in [3.8, 4) is 17.2 Å². The van der Waals surface area contributed by atoms with E-state index < -0.39 is 0 Å². The fraction of sp³-hybridized carbons (Fsp3) is 0.350. The SMILES string of the molecule is COc1cc(C=O)ccc1OCCCCOc1cc(C)ccc1C. The Labute approximate surface area is 143 Å². The van der Waals surface area contributed by atoms with E-state index in [0.717, 1.165) is 30.4 Å². The highest BCUT2D eigenvalue weighted by Crippen LogP contribution is 2.27. The van der Waals surface area contributed by atoms with E-state index in [1.54, 1.807) is 25.3 Å². The standard InChI is InChI=1S/C20H24O4/c1-15-6-7-16(2)19(12-15)24-11-5-4-10-23-18-9-8-17(14-21)13-20(18)22-3/h6-9,12-14H,4-5,10-11H2,1-3H3. The van der Waals surface area contributed by atoms with Gasteiger partial charge in [-0.05, 0) is 62.1 Å². The molecule has 0 bridgehead atoms. The number of hydrogen-bond donors (Lipinski definition) is 0. The third kappa shape index (κ3) is 5.01. The van der Waals surface area contributed by atoms with Crippen LogP contribution in [-0.4, -0.2) is 26.6 Å². The van der Waals surface area contributed by atoms with Crippen LogP contribution in [-0.2, 0) is 0 Å². The molecule has 0 atom stereocenters. The van der Waals surface area contributed by atoms with Crippen LogP contribution in [0.25, 0.3) is 0 Å². The van der Waals surface area contributed by atoms with Crippen LogP contribution in [0, 0.1) is 13.8 Å². The van der Waals surface area contributed by atoms with Crippen LogP contribution in [0.2, 0.25) is 0 Å². The smallest absolute Gasteiger partial charge is 0.161 e. The van der Waals surface area contributed by atoms with Gasteiger partial charge in [0.1, 0.15) is 12.0 Å². The minimum atomic E-state index is 0.570. The number of carbonyl (C=O) groups excluding carboxylic acids is 1. The summed E-state index contributed by atoms with van der Waals surface area (Å²) in [5.41, 5.74) is 2.92. The Morgan fingerprint density at radius 1 is 0.875 bits per heavy atom. The van der Waals surface area contributed by atoms with Crippen molar-refractivity contribution in [2.45, 2.75) is 26.7 Å². The van der Waals surface area contributed by atoms with E-state index in [0.29, 0.717) is 30.3 Å². The van der Waals surface area contributed by atoms with E-state index in [4.69, 9.17) is 14.2 Å². The lowest BCUT2D eigenvalue weighted by Crippen LogP contribution is -2.04. The van der Waals surface area contributed by atoms with Gasteiger partial charge in [-0.1, -0.05) is 12.1 Å². The summed E-state index contributed by atoms with van der Waals surface area (Å²) in [6.45, 7) is 5.35. The molecule has 0 saturated heterocycles. The first-order valence-electron chi connectivity index (χ1n) is 8.10. The number of rotatable bonds is 9. The summed E-state index contributed by atoms with van der Waals surface area (Å²) < 4.78 is 16.8. The summed E-state index contributed by atoms with van der Waals surface area (Å²) in [5.74, 6) is 2.17. The van der Waals surface area contributed by atoms with Gasteiger partial charge in [0, 0.05) is 5.56 Å². The largest absolute Gasteiger partial charge is 0.493 e. The van der Waals surface area contributed by atoms with Crippen molar-refractivity contribution in [1.29, 1.82) is 0 Å². The second-order valence-corrected chi connectivity index (χ2v) is 5.70. The molecule has 0 N–H and O–H groups in total. The van der Waals surface area contributed by atoms with Gasteiger partial charge in [-0.2, -0.15) is 0 Å². The van der Waals surface area contributed by atoms with Crippen molar-refractivity contribution in [2.75, 3.05) is 20.3 Å². The molecule has 2 rings (SSSR count). The minimum absolute atomic E-state index is 0.570. The fourth-order valence-corrected chi connectivity index (χ4v) is 2.31. The lowest BCUT2D eigenvalue weighted by atomic mass is 10.1. The highest BCUT2D eigenvalue weighted by atomic mass is 16.5. The molecule has 0 spiro atoms. The minimum Gasteiger partial charge on any atom is -0.493 e. The normalized spacial score (nSPS) is 10.3. The van der Waals surface area contributed by atoms with Crippen LogP contribution >= 0.6 is 0 Å². The van der Waals surface area contributed by atoms with Gasteiger partial charge in [-0.15, -0.1) is 0 Å². The molecule has 0 aliphatic carbocycles. The number of hydrogen-bond acceptors (Lipinski definition) is 4. The van der Waals surface area contributed by atoms with E-state index in [1.165, 1.54) is 5.56 Å². The molecule has 0 aliphatic heterocycles. The maximum Gasteiger partial charge on any atom is 0.161 e. The molecule has 0 unspecified atom stereocenters. The van der Waals surface area contributed by atoms with Crippen molar-refractivity contribution in [3.05, 3.63) is 53.1 Å². The number of ether oxygens (including phenoxy) is 3. The molecule has 0 fully saturated rings. The van der Waals surface area contributed by atoms with Crippen molar-refractivity contribution in [3.63, 3.8) is 0 Å². The predicted octanol–water partition coefficient (Wildman–Crippen LogP) is 4.36. The highest BCUT2D eigenvalue weighted by molar-refractivity contribution is 5.76. The predicted molar refractivity (Wildman–Crippen MR) is 94.5 cm³/mol. The zero-order valence-electron chi connectivity index (χ0n) is 14.5. The van der Waals surface area contributed by atoms with Crippen molar-refractivity contribution >= 4 is 6.29 Å². The van der Waals surface area contributed by atoms with Crippen LogP contribution in [0.4, 0.5) is 0 Å². The topological polar surface area (TPSA) is 44.8 Å². The lowest BCUT2D eigenvalue weighted by molar-refractivity contribution is 0.112. The number of aryl methyl sites for hydroxylation is 2. The Kier molecular flexibility index (Phi) is 6.67. The van der Waals surface area contributed by atoms with Crippen LogP contribution in [0.3, 0.4) is 0 Å². The van der Waals surface area contributed by atoms with E-state index in [1.807, 2.05) is 6.92 Å². The van der Waals surface area contributed by atoms with Crippen molar-refractivity contribution in [2.24, 2.45) is 0 Å². The maximum atomic E-state index is 10.8. The monoisotopic (exact) mass is 328 g/mol. The first kappa shape index (κ1) is 17.9. The molecule has 0 amide bonds. The Morgan fingerprint density at radius 3 is 2.25 bits per heavy atom. The third-order valence-corrected chi connectivity index (χ3v) is 3.72. The molecule has 0 radical (unpaired) electrons.